The number of hydrogen-bond donors (Lipinski definition) is 2. The molecule has 0 spiro atoms. The van der Waals surface area contributed by atoms with Crippen LogP contribution in [-0.2, 0) is 16.0 Å². The highest BCUT2D eigenvalue weighted by Gasteiger charge is 2.31. The van der Waals surface area contributed by atoms with Gasteiger partial charge in [-0.1, -0.05) is 60.7 Å². The molecule has 2 atom stereocenters. The van der Waals surface area contributed by atoms with E-state index in [-0.39, 0.29) is 18.6 Å². The van der Waals surface area contributed by atoms with Gasteiger partial charge in [0.25, 0.3) is 0 Å². The van der Waals surface area contributed by atoms with Crippen LogP contribution in [0, 0.1) is 0 Å². The minimum atomic E-state index is -1.23. The Morgan fingerprint density at radius 1 is 0.773 bits per heavy atom. The summed E-state index contributed by atoms with van der Waals surface area (Å²) >= 11 is 0. The number of carbonyl (C=O) groups excluding carboxylic acids is 1. The summed E-state index contributed by atoms with van der Waals surface area (Å²) in [7, 11) is 0. The SMILES string of the molecule is CC(O)(CC(=O)CC(C)(O)c1ccccc1)c1ccccc1. The predicted octanol–water partition coefficient (Wildman–Crippen LogP) is 3.15. The number of ketones is 1. The van der Waals surface area contributed by atoms with Crippen LogP contribution in [0.25, 0.3) is 0 Å². The Hall–Kier alpha value is -1.97. The van der Waals surface area contributed by atoms with Crippen molar-refractivity contribution in [3.63, 3.8) is 0 Å². The van der Waals surface area contributed by atoms with Crippen molar-refractivity contribution in [3.05, 3.63) is 71.8 Å². The van der Waals surface area contributed by atoms with Crippen LogP contribution < -0.4 is 0 Å². The zero-order valence-electron chi connectivity index (χ0n) is 13.0. The molecule has 2 rings (SSSR count). The topological polar surface area (TPSA) is 57.5 Å². The minimum absolute atomic E-state index is 0.0278. The second-order valence-corrected chi connectivity index (χ2v) is 6.17. The van der Waals surface area contributed by atoms with Gasteiger partial charge in [-0.05, 0) is 25.0 Å². The molecule has 2 aromatic rings. The summed E-state index contributed by atoms with van der Waals surface area (Å²) in [5.41, 5.74) is -1.07. The first-order valence-corrected chi connectivity index (χ1v) is 7.39. The smallest absolute Gasteiger partial charge is 0.139 e. The Balaban J connectivity index is 2.07. The van der Waals surface area contributed by atoms with Crippen LogP contribution in [0.2, 0.25) is 0 Å². The summed E-state index contributed by atoms with van der Waals surface area (Å²) in [6, 6.07) is 18.2. The van der Waals surface area contributed by atoms with Gasteiger partial charge in [0.1, 0.15) is 5.78 Å². The molecule has 0 saturated carbocycles. The summed E-state index contributed by atoms with van der Waals surface area (Å²) in [4.78, 5) is 12.3. The van der Waals surface area contributed by atoms with Crippen molar-refractivity contribution in [2.24, 2.45) is 0 Å². The van der Waals surface area contributed by atoms with Crippen LogP contribution in [0.4, 0.5) is 0 Å². The molecule has 2 aromatic carbocycles. The Morgan fingerprint density at radius 2 is 1.09 bits per heavy atom. The van der Waals surface area contributed by atoms with Gasteiger partial charge in [0.2, 0.25) is 0 Å². The Labute approximate surface area is 131 Å². The number of rotatable bonds is 6. The molecule has 2 N–H and O–H groups in total. The first-order valence-electron chi connectivity index (χ1n) is 7.39. The lowest BCUT2D eigenvalue weighted by Crippen LogP contribution is -2.30. The highest BCUT2D eigenvalue weighted by atomic mass is 16.3. The number of hydrogen-bond acceptors (Lipinski definition) is 3. The molecule has 0 aliphatic rings. The molecular formula is C19H22O3. The lowest BCUT2D eigenvalue weighted by molar-refractivity contribution is -0.128. The van der Waals surface area contributed by atoms with E-state index in [2.05, 4.69) is 0 Å². The van der Waals surface area contributed by atoms with Crippen molar-refractivity contribution < 1.29 is 15.0 Å². The second kappa shape index (κ2) is 6.42. The maximum absolute atomic E-state index is 12.3. The van der Waals surface area contributed by atoms with Crippen LogP contribution in [0.3, 0.4) is 0 Å². The molecule has 3 nitrogen and oxygen atoms in total. The number of carbonyl (C=O) groups is 1. The first-order chi connectivity index (χ1) is 10.3. The van der Waals surface area contributed by atoms with Gasteiger partial charge in [0, 0.05) is 12.8 Å². The third-order valence-corrected chi connectivity index (χ3v) is 3.87. The van der Waals surface area contributed by atoms with Crippen molar-refractivity contribution >= 4 is 5.78 Å². The van der Waals surface area contributed by atoms with E-state index in [1.165, 1.54) is 0 Å². The van der Waals surface area contributed by atoms with Crippen LogP contribution >= 0.6 is 0 Å². The molecule has 3 heteroatoms. The van der Waals surface area contributed by atoms with E-state index < -0.39 is 11.2 Å². The Bertz CT molecular complexity index is 560. The minimum Gasteiger partial charge on any atom is -0.385 e. The third-order valence-electron chi connectivity index (χ3n) is 3.87. The molecular weight excluding hydrogens is 276 g/mol. The highest BCUT2D eigenvalue weighted by molar-refractivity contribution is 5.80. The maximum atomic E-state index is 12.3. The zero-order valence-corrected chi connectivity index (χ0v) is 13.0. The molecule has 0 saturated heterocycles. The van der Waals surface area contributed by atoms with Gasteiger partial charge in [0.05, 0.1) is 11.2 Å². The van der Waals surface area contributed by atoms with Crippen LogP contribution in [0.5, 0.6) is 0 Å². The quantitative estimate of drug-likeness (QED) is 0.861. The van der Waals surface area contributed by atoms with Crippen LogP contribution in [-0.4, -0.2) is 16.0 Å². The molecule has 0 heterocycles. The third kappa shape index (κ3) is 4.03. The molecule has 0 aliphatic heterocycles. The number of aliphatic hydroxyl groups is 2. The van der Waals surface area contributed by atoms with Crippen molar-refractivity contribution in [3.8, 4) is 0 Å². The average Bonchev–Trinajstić information content (AvgIpc) is 2.48. The van der Waals surface area contributed by atoms with Gasteiger partial charge in [-0.25, -0.2) is 0 Å². The normalized spacial score (nSPS) is 16.5. The predicted molar refractivity (Wildman–Crippen MR) is 86.3 cm³/mol. The molecule has 116 valence electrons. The lowest BCUT2D eigenvalue weighted by Gasteiger charge is -2.27. The Morgan fingerprint density at radius 3 is 1.41 bits per heavy atom. The molecule has 22 heavy (non-hydrogen) atoms. The summed E-state index contributed by atoms with van der Waals surface area (Å²) in [6.07, 6.45) is -0.0556. The fourth-order valence-electron chi connectivity index (χ4n) is 2.63. The van der Waals surface area contributed by atoms with Crippen molar-refractivity contribution in [1.82, 2.24) is 0 Å². The lowest BCUT2D eigenvalue weighted by atomic mass is 9.85. The van der Waals surface area contributed by atoms with Crippen LogP contribution in [0.1, 0.15) is 37.8 Å². The van der Waals surface area contributed by atoms with E-state index in [1.54, 1.807) is 38.1 Å². The number of Topliss-reactive ketones (excluding diaryl/α,β-unsaturated/α-hetero) is 1. The number of benzene rings is 2. The van der Waals surface area contributed by atoms with E-state index in [4.69, 9.17) is 0 Å². The maximum Gasteiger partial charge on any atom is 0.139 e. The average molecular weight is 298 g/mol. The summed E-state index contributed by atoms with van der Waals surface area (Å²) in [5.74, 6) is -0.178. The molecule has 0 amide bonds. The van der Waals surface area contributed by atoms with Gasteiger partial charge in [0.15, 0.2) is 0 Å². The fourth-order valence-corrected chi connectivity index (χ4v) is 2.63. The molecule has 0 aromatic heterocycles. The van der Waals surface area contributed by atoms with E-state index in [0.29, 0.717) is 11.1 Å². The van der Waals surface area contributed by atoms with Gasteiger partial charge in [-0.2, -0.15) is 0 Å². The molecule has 0 fully saturated rings. The second-order valence-electron chi connectivity index (χ2n) is 6.17. The monoisotopic (exact) mass is 298 g/mol. The van der Waals surface area contributed by atoms with Gasteiger partial charge >= 0.3 is 0 Å². The fraction of sp³-hybridized carbons (Fsp3) is 0.316. The largest absolute Gasteiger partial charge is 0.385 e. The van der Waals surface area contributed by atoms with E-state index in [1.807, 2.05) is 36.4 Å². The Kier molecular flexibility index (Phi) is 4.79. The standard InChI is InChI=1S/C19H22O3/c1-18(21,15-9-5-3-6-10-15)13-17(20)14-19(2,22)16-11-7-4-8-12-16/h3-12,21-22H,13-14H2,1-2H3. The van der Waals surface area contributed by atoms with Crippen molar-refractivity contribution in [1.29, 1.82) is 0 Å². The molecule has 0 radical (unpaired) electrons. The highest BCUT2D eigenvalue weighted by Crippen LogP contribution is 2.29. The zero-order chi connectivity index (χ0) is 16.2. The van der Waals surface area contributed by atoms with Gasteiger partial charge in [-0.3, -0.25) is 4.79 Å². The van der Waals surface area contributed by atoms with E-state index in [0.717, 1.165) is 0 Å². The van der Waals surface area contributed by atoms with Crippen molar-refractivity contribution in [2.75, 3.05) is 0 Å². The van der Waals surface area contributed by atoms with Crippen molar-refractivity contribution in [2.45, 2.75) is 37.9 Å². The van der Waals surface area contributed by atoms with Crippen LogP contribution in [0.15, 0.2) is 60.7 Å². The molecule has 0 bridgehead atoms. The summed E-state index contributed by atoms with van der Waals surface area (Å²) in [5, 5.41) is 21.0. The van der Waals surface area contributed by atoms with Gasteiger partial charge in [-0.15, -0.1) is 0 Å². The molecule has 2 unspecified atom stereocenters. The van der Waals surface area contributed by atoms with E-state index in [9.17, 15) is 15.0 Å². The summed E-state index contributed by atoms with van der Waals surface area (Å²) < 4.78 is 0. The first kappa shape index (κ1) is 16.4. The molecule has 0 aliphatic carbocycles. The van der Waals surface area contributed by atoms with Gasteiger partial charge < -0.3 is 10.2 Å². The summed E-state index contributed by atoms with van der Waals surface area (Å²) in [6.45, 7) is 3.24. The van der Waals surface area contributed by atoms with E-state index >= 15 is 0 Å².